The van der Waals surface area contributed by atoms with Gasteiger partial charge in [0.2, 0.25) is 0 Å². The van der Waals surface area contributed by atoms with Crippen molar-refractivity contribution in [1.29, 1.82) is 0 Å². The first-order chi connectivity index (χ1) is 10.5. The molecule has 1 fully saturated rings. The number of nitrogens with zero attached hydrogens (tertiary/aromatic N) is 1. The van der Waals surface area contributed by atoms with Gasteiger partial charge >= 0.3 is 6.03 Å². The standard InChI is InChI=1S/C16H25N3O2S/c1-13(12-22(2)21)17-16(20)18-14-7-6-8-15(11-14)19-9-4-3-5-10-19/h6-8,11,13H,3-5,9-10,12H2,1-2H3,(H2,17,18,20). The van der Waals surface area contributed by atoms with Crippen LogP contribution in [0.15, 0.2) is 24.3 Å². The molecule has 5 nitrogen and oxygen atoms in total. The van der Waals surface area contributed by atoms with E-state index in [-0.39, 0.29) is 12.1 Å². The predicted octanol–water partition coefficient (Wildman–Crippen LogP) is 2.57. The maximum atomic E-state index is 12.0. The average molecular weight is 323 g/mol. The average Bonchev–Trinajstić information content (AvgIpc) is 2.47. The molecule has 2 amide bonds. The zero-order valence-electron chi connectivity index (χ0n) is 13.3. The Bertz CT molecular complexity index is 530. The Hall–Kier alpha value is -1.56. The largest absolute Gasteiger partial charge is 0.371 e. The number of rotatable bonds is 5. The number of hydrogen-bond acceptors (Lipinski definition) is 3. The van der Waals surface area contributed by atoms with Gasteiger partial charge in [0.05, 0.1) is 0 Å². The highest BCUT2D eigenvalue weighted by Gasteiger charge is 2.12. The molecule has 1 aliphatic heterocycles. The van der Waals surface area contributed by atoms with E-state index < -0.39 is 10.8 Å². The number of urea groups is 1. The summed E-state index contributed by atoms with van der Waals surface area (Å²) >= 11 is 0. The summed E-state index contributed by atoms with van der Waals surface area (Å²) < 4.78 is 11.1. The molecular formula is C16H25N3O2S. The minimum atomic E-state index is -0.915. The minimum absolute atomic E-state index is 0.115. The van der Waals surface area contributed by atoms with E-state index >= 15 is 0 Å². The van der Waals surface area contributed by atoms with Gasteiger partial charge in [0.1, 0.15) is 0 Å². The fourth-order valence-electron chi connectivity index (χ4n) is 2.72. The topological polar surface area (TPSA) is 61.4 Å². The van der Waals surface area contributed by atoms with Gasteiger partial charge in [-0.25, -0.2) is 4.79 Å². The fraction of sp³-hybridized carbons (Fsp3) is 0.562. The summed E-state index contributed by atoms with van der Waals surface area (Å²) in [5.74, 6) is 0.460. The van der Waals surface area contributed by atoms with Crippen molar-refractivity contribution in [1.82, 2.24) is 5.32 Å². The van der Waals surface area contributed by atoms with Gasteiger partial charge in [-0.05, 0) is 44.4 Å². The molecule has 2 N–H and O–H groups in total. The molecule has 22 heavy (non-hydrogen) atoms. The van der Waals surface area contributed by atoms with E-state index in [1.54, 1.807) is 6.26 Å². The summed E-state index contributed by atoms with van der Waals surface area (Å²) in [7, 11) is -0.915. The number of hydrogen-bond donors (Lipinski definition) is 2. The zero-order chi connectivity index (χ0) is 15.9. The highest BCUT2D eigenvalue weighted by atomic mass is 32.2. The SMILES string of the molecule is CC(CS(C)=O)NC(=O)Nc1cccc(N2CCCCC2)c1. The van der Waals surface area contributed by atoms with Crippen LogP contribution >= 0.6 is 0 Å². The van der Waals surface area contributed by atoms with Crippen LogP contribution in [-0.2, 0) is 10.8 Å². The molecule has 0 saturated carbocycles. The van der Waals surface area contributed by atoms with E-state index in [9.17, 15) is 9.00 Å². The van der Waals surface area contributed by atoms with Crippen molar-refractivity contribution >= 4 is 28.2 Å². The number of benzene rings is 1. The van der Waals surface area contributed by atoms with Crippen molar-refractivity contribution in [2.45, 2.75) is 32.2 Å². The minimum Gasteiger partial charge on any atom is -0.371 e. The molecule has 0 aliphatic carbocycles. The fourth-order valence-corrected chi connectivity index (χ4v) is 3.50. The summed E-state index contributed by atoms with van der Waals surface area (Å²) in [6, 6.07) is 7.56. The normalized spacial score (nSPS) is 17.6. The lowest BCUT2D eigenvalue weighted by Crippen LogP contribution is -2.39. The Balaban J connectivity index is 1.92. The third-order valence-electron chi connectivity index (χ3n) is 3.69. The third-order valence-corrected chi connectivity index (χ3v) is 4.66. The van der Waals surface area contributed by atoms with Crippen LogP contribution in [0.4, 0.5) is 16.2 Å². The van der Waals surface area contributed by atoms with Crippen LogP contribution in [0.5, 0.6) is 0 Å². The van der Waals surface area contributed by atoms with Crippen molar-refractivity contribution < 1.29 is 9.00 Å². The van der Waals surface area contributed by atoms with E-state index in [4.69, 9.17) is 0 Å². The van der Waals surface area contributed by atoms with Gasteiger partial charge in [-0.2, -0.15) is 0 Å². The summed E-state index contributed by atoms with van der Waals surface area (Å²) in [5.41, 5.74) is 1.94. The lowest BCUT2D eigenvalue weighted by Gasteiger charge is -2.29. The molecule has 1 aliphatic rings. The smallest absolute Gasteiger partial charge is 0.319 e. The molecule has 0 bridgehead atoms. The van der Waals surface area contributed by atoms with Gasteiger partial charge in [-0.1, -0.05) is 6.07 Å². The first-order valence-corrected chi connectivity index (χ1v) is 9.50. The van der Waals surface area contributed by atoms with Gasteiger partial charge in [-0.15, -0.1) is 0 Å². The molecule has 2 rings (SSSR count). The van der Waals surface area contributed by atoms with Gasteiger partial charge in [-0.3, -0.25) is 4.21 Å². The molecule has 2 atom stereocenters. The molecular weight excluding hydrogens is 298 g/mol. The third kappa shape index (κ3) is 5.33. The molecule has 1 heterocycles. The zero-order valence-corrected chi connectivity index (χ0v) is 14.1. The first-order valence-electron chi connectivity index (χ1n) is 7.77. The van der Waals surface area contributed by atoms with Gasteiger partial charge in [0.15, 0.2) is 0 Å². The van der Waals surface area contributed by atoms with Gasteiger partial charge < -0.3 is 15.5 Å². The molecule has 2 unspecified atom stereocenters. The Kier molecular flexibility index (Phi) is 6.24. The molecule has 1 saturated heterocycles. The summed E-state index contributed by atoms with van der Waals surface area (Å²) in [5, 5.41) is 5.65. The van der Waals surface area contributed by atoms with Crippen LogP contribution in [-0.4, -0.2) is 41.4 Å². The maximum Gasteiger partial charge on any atom is 0.319 e. The predicted molar refractivity (Wildman–Crippen MR) is 93.1 cm³/mol. The second kappa shape index (κ2) is 8.17. The molecule has 0 radical (unpaired) electrons. The van der Waals surface area contributed by atoms with Crippen LogP contribution in [0.25, 0.3) is 0 Å². The van der Waals surface area contributed by atoms with E-state index in [1.807, 2.05) is 25.1 Å². The van der Waals surface area contributed by atoms with E-state index in [2.05, 4.69) is 21.6 Å². The molecule has 0 aromatic heterocycles. The molecule has 6 heteroatoms. The summed E-state index contributed by atoms with van der Waals surface area (Å²) in [4.78, 5) is 14.3. The Morgan fingerprint density at radius 2 is 2.05 bits per heavy atom. The van der Waals surface area contributed by atoms with E-state index in [1.165, 1.54) is 19.3 Å². The maximum absolute atomic E-state index is 12.0. The number of carbonyl (C=O) groups is 1. The highest BCUT2D eigenvalue weighted by molar-refractivity contribution is 7.84. The van der Waals surface area contributed by atoms with Crippen LogP contribution in [0, 0.1) is 0 Å². The van der Waals surface area contributed by atoms with Crippen molar-refractivity contribution in [2.75, 3.05) is 35.3 Å². The van der Waals surface area contributed by atoms with Gasteiger partial charge in [0.25, 0.3) is 0 Å². The van der Waals surface area contributed by atoms with Gasteiger partial charge in [0, 0.05) is 53.3 Å². The van der Waals surface area contributed by atoms with Crippen LogP contribution in [0.2, 0.25) is 0 Å². The molecule has 1 aromatic rings. The van der Waals surface area contributed by atoms with E-state index in [0.717, 1.165) is 24.5 Å². The Labute approximate surface area is 134 Å². The van der Waals surface area contributed by atoms with Crippen molar-refractivity contribution in [3.8, 4) is 0 Å². The second-order valence-corrected chi connectivity index (χ2v) is 7.32. The number of carbonyl (C=O) groups excluding carboxylic acids is 1. The highest BCUT2D eigenvalue weighted by Crippen LogP contribution is 2.22. The van der Waals surface area contributed by atoms with Crippen molar-refractivity contribution in [3.63, 3.8) is 0 Å². The van der Waals surface area contributed by atoms with Crippen molar-refractivity contribution in [3.05, 3.63) is 24.3 Å². The molecule has 0 spiro atoms. The number of anilines is 2. The van der Waals surface area contributed by atoms with Crippen LogP contribution < -0.4 is 15.5 Å². The first kappa shape index (κ1) is 16.8. The Morgan fingerprint density at radius 3 is 2.73 bits per heavy atom. The van der Waals surface area contributed by atoms with Crippen molar-refractivity contribution in [2.24, 2.45) is 0 Å². The quantitative estimate of drug-likeness (QED) is 0.875. The monoisotopic (exact) mass is 323 g/mol. The molecule has 1 aromatic carbocycles. The number of amides is 2. The second-order valence-electron chi connectivity index (χ2n) is 5.84. The lowest BCUT2D eigenvalue weighted by molar-refractivity contribution is 0.250. The lowest BCUT2D eigenvalue weighted by atomic mass is 10.1. The van der Waals surface area contributed by atoms with Crippen LogP contribution in [0.1, 0.15) is 26.2 Å². The van der Waals surface area contributed by atoms with E-state index in [0.29, 0.717) is 5.75 Å². The summed E-state index contributed by atoms with van der Waals surface area (Å²) in [6.45, 7) is 4.01. The Morgan fingerprint density at radius 1 is 1.32 bits per heavy atom. The molecule has 122 valence electrons. The number of piperidine rings is 1. The number of nitrogens with one attached hydrogen (secondary N) is 2. The summed E-state index contributed by atoms with van der Waals surface area (Å²) in [6.07, 6.45) is 5.39. The van der Waals surface area contributed by atoms with Crippen LogP contribution in [0.3, 0.4) is 0 Å².